The largest absolute Gasteiger partial charge is 0.497 e. The highest BCUT2D eigenvalue weighted by molar-refractivity contribution is 8.26. The van der Waals surface area contributed by atoms with Crippen LogP contribution in [0, 0.1) is 0 Å². The molecule has 3 rings (SSSR count). The Kier molecular flexibility index (Phi) is 6.36. The van der Waals surface area contributed by atoms with Gasteiger partial charge in [0.05, 0.1) is 12.0 Å². The van der Waals surface area contributed by atoms with Crippen LogP contribution < -0.4 is 14.2 Å². The fourth-order valence-electron chi connectivity index (χ4n) is 2.40. The van der Waals surface area contributed by atoms with Crippen LogP contribution in [0.3, 0.4) is 0 Å². The number of carbonyl (C=O) groups excluding carboxylic acids is 1. The summed E-state index contributed by atoms with van der Waals surface area (Å²) in [6.07, 6.45) is 1.82. The maximum atomic E-state index is 12.1. The summed E-state index contributed by atoms with van der Waals surface area (Å²) in [6.45, 7) is 0.809. The van der Waals surface area contributed by atoms with E-state index in [2.05, 4.69) is 0 Å². The third kappa shape index (κ3) is 5.02. The number of rotatable bonds is 7. The van der Waals surface area contributed by atoms with E-state index in [4.69, 9.17) is 26.4 Å². The Hall–Kier alpha value is -2.51. The van der Waals surface area contributed by atoms with E-state index in [9.17, 15) is 4.79 Å². The molecule has 1 saturated heterocycles. The number of thioether (sulfide) groups is 1. The van der Waals surface area contributed by atoms with E-state index in [1.54, 1.807) is 14.2 Å². The molecule has 0 atom stereocenters. The van der Waals surface area contributed by atoms with Gasteiger partial charge >= 0.3 is 0 Å². The number of hydrogen-bond donors (Lipinski definition) is 0. The van der Waals surface area contributed by atoms with Gasteiger partial charge in [-0.25, -0.2) is 0 Å². The van der Waals surface area contributed by atoms with Gasteiger partial charge in [0.15, 0.2) is 0 Å². The zero-order valence-electron chi connectivity index (χ0n) is 15.0. The third-order valence-electron chi connectivity index (χ3n) is 3.80. The Morgan fingerprint density at radius 2 is 1.67 bits per heavy atom. The first-order valence-electron chi connectivity index (χ1n) is 8.28. The maximum Gasteiger partial charge on any atom is 0.265 e. The summed E-state index contributed by atoms with van der Waals surface area (Å²) >= 11 is 6.45. The van der Waals surface area contributed by atoms with Crippen LogP contribution in [0.2, 0.25) is 0 Å². The number of amides is 1. The van der Waals surface area contributed by atoms with E-state index in [-0.39, 0.29) is 5.91 Å². The third-order valence-corrected chi connectivity index (χ3v) is 5.29. The summed E-state index contributed by atoms with van der Waals surface area (Å²) in [4.78, 5) is 14.2. The van der Waals surface area contributed by atoms with Crippen molar-refractivity contribution in [3.63, 3.8) is 0 Å². The summed E-state index contributed by atoms with van der Waals surface area (Å²) in [5.74, 6) is 2.11. The lowest BCUT2D eigenvalue weighted by Gasteiger charge is -2.10. The SMILES string of the molecule is COc1cccc(OCCOc2cccc(/C=C3/SC(=S)N(C)C3=O)c2)c1. The zero-order chi connectivity index (χ0) is 19.2. The summed E-state index contributed by atoms with van der Waals surface area (Å²) < 4.78 is 17.1. The van der Waals surface area contributed by atoms with Crippen molar-refractivity contribution in [2.24, 2.45) is 0 Å². The molecule has 0 bridgehead atoms. The molecule has 1 aliphatic rings. The van der Waals surface area contributed by atoms with Crippen LogP contribution >= 0.6 is 24.0 Å². The van der Waals surface area contributed by atoms with Gasteiger partial charge in [-0.1, -0.05) is 42.2 Å². The van der Waals surface area contributed by atoms with E-state index in [0.29, 0.717) is 28.2 Å². The van der Waals surface area contributed by atoms with Crippen molar-refractivity contribution < 1.29 is 19.0 Å². The molecule has 1 fully saturated rings. The molecule has 0 aromatic heterocycles. The summed E-state index contributed by atoms with van der Waals surface area (Å²) in [5.41, 5.74) is 0.884. The lowest BCUT2D eigenvalue weighted by molar-refractivity contribution is -0.121. The summed E-state index contributed by atoms with van der Waals surface area (Å²) in [6, 6.07) is 15.0. The van der Waals surface area contributed by atoms with Gasteiger partial charge in [-0.15, -0.1) is 0 Å². The molecule has 0 spiro atoms. The highest BCUT2D eigenvalue weighted by atomic mass is 32.2. The monoisotopic (exact) mass is 401 g/mol. The fourth-order valence-corrected chi connectivity index (χ4v) is 3.58. The Bertz CT molecular complexity index is 882. The zero-order valence-corrected chi connectivity index (χ0v) is 16.6. The first-order chi connectivity index (χ1) is 13.1. The molecule has 140 valence electrons. The number of benzene rings is 2. The number of carbonyl (C=O) groups is 1. The topological polar surface area (TPSA) is 48.0 Å². The van der Waals surface area contributed by atoms with Crippen molar-refractivity contribution in [2.45, 2.75) is 0 Å². The normalized spacial score (nSPS) is 15.3. The van der Waals surface area contributed by atoms with Crippen LogP contribution in [0.15, 0.2) is 53.4 Å². The molecule has 1 aliphatic heterocycles. The van der Waals surface area contributed by atoms with E-state index in [1.807, 2.05) is 54.6 Å². The smallest absolute Gasteiger partial charge is 0.265 e. The minimum absolute atomic E-state index is 0.0805. The number of hydrogen-bond acceptors (Lipinski definition) is 6. The molecule has 0 saturated carbocycles. The number of nitrogens with zero attached hydrogens (tertiary/aromatic N) is 1. The van der Waals surface area contributed by atoms with Gasteiger partial charge < -0.3 is 14.2 Å². The number of methoxy groups -OCH3 is 1. The Morgan fingerprint density at radius 1 is 1.04 bits per heavy atom. The lowest BCUT2D eigenvalue weighted by Crippen LogP contribution is -2.22. The van der Waals surface area contributed by atoms with Crippen molar-refractivity contribution in [3.8, 4) is 17.2 Å². The van der Waals surface area contributed by atoms with Crippen molar-refractivity contribution in [1.29, 1.82) is 0 Å². The second-order valence-electron chi connectivity index (χ2n) is 5.69. The summed E-state index contributed by atoms with van der Waals surface area (Å²) in [5, 5.41) is 0. The minimum atomic E-state index is -0.0805. The Morgan fingerprint density at radius 3 is 2.30 bits per heavy atom. The number of likely N-dealkylation sites (N-methyl/N-ethyl adjacent to an activating group) is 1. The van der Waals surface area contributed by atoms with Gasteiger partial charge in [0.25, 0.3) is 5.91 Å². The molecule has 5 nitrogen and oxygen atoms in total. The molecule has 0 radical (unpaired) electrons. The minimum Gasteiger partial charge on any atom is -0.497 e. The van der Waals surface area contributed by atoms with E-state index in [0.717, 1.165) is 17.1 Å². The molecule has 1 heterocycles. The molecule has 0 aliphatic carbocycles. The van der Waals surface area contributed by atoms with Gasteiger partial charge in [-0.2, -0.15) is 0 Å². The Labute approximate surface area is 167 Å². The standard InChI is InChI=1S/C20H19NO4S2/c1-21-19(22)18(27-20(21)26)12-14-5-3-7-16(11-14)24-9-10-25-17-8-4-6-15(13-17)23-2/h3-8,11-13H,9-10H2,1-2H3/b18-12+. The average Bonchev–Trinajstić information content (AvgIpc) is 2.92. The first-order valence-corrected chi connectivity index (χ1v) is 9.50. The maximum absolute atomic E-state index is 12.1. The van der Waals surface area contributed by atoms with Crippen molar-refractivity contribution in [1.82, 2.24) is 4.90 Å². The second kappa shape index (κ2) is 8.92. The number of ether oxygens (including phenoxy) is 3. The van der Waals surface area contributed by atoms with Gasteiger partial charge in [0.1, 0.15) is 34.8 Å². The lowest BCUT2D eigenvalue weighted by atomic mass is 10.2. The molecule has 27 heavy (non-hydrogen) atoms. The van der Waals surface area contributed by atoms with E-state index < -0.39 is 0 Å². The second-order valence-corrected chi connectivity index (χ2v) is 7.36. The average molecular weight is 402 g/mol. The predicted molar refractivity (Wildman–Crippen MR) is 111 cm³/mol. The van der Waals surface area contributed by atoms with Gasteiger partial charge in [-0.3, -0.25) is 9.69 Å². The number of thiocarbonyl (C=S) groups is 1. The first kappa shape index (κ1) is 19.3. The quantitative estimate of drug-likeness (QED) is 0.397. The van der Waals surface area contributed by atoms with Crippen LogP contribution in [0.5, 0.6) is 17.2 Å². The van der Waals surface area contributed by atoms with Crippen LogP contribution in [0.4, 0.5) is 0 Å². The molecule has 2 aromatic carbocycles. The van der Waals surface area contributed by atoms with E-state index in [1.165, 1.54) is 16.7 Å². The fraction of sp³-hybridized carbons (Fsp3) is 0.200. The van der Waals surface area contributed by atoms with E-state index >= 15 is 0 Å². The van der Waals surface area contributed by atoms with Gasteiger partial charge in [0, 0.05) is 13.1 Å². The van der Waals surface area contributed by atoms with Crippen LogP contribution in [-0.4, -0.2) is 42.5 Å². The van der Waals surface area contributed by atoms with Crippen LogP contribution in [0.25, 0.3) is 6.08 Å². The Balaban J connectivity index is 1.55. The molecule has 0 N–H and O–H groups in total. The highest BCUT2D eigenvalue weighted by Gasteiger charge is 2.28. The summed E-state index contributed by atoms with van der Waals surface area (Å²) in [7, 11) is 3.30. The van der Waals surface area contributed by atoms with Crippen LogP contribution in [-0.2, 0) is 4.79 Å². The molecule has 0 unspecified atom stereocenters. The molecular formula is C20H19NO4S2. The molecule has 1 amide bonds. The van der Waals surface area contributed by atoms with Crippen molar-refractivity contribution in [3.05, 3.63) is 59.0 Å². The van der Waals surface area contributed by atoms with Gasteiger partial charge in [-0.05, 0) is 35.9 Å². The predicted octanol–water partition coefficient (Wildman–Crippen LogP) is 3.98. The van der Waals surface area contributed by atoms with Crippen molar-refractivity contribution >= 4 is 40.3 Å². The van der Waals surface area contributed by atoms with Gasteiger partial charge in [0.2, 0.25) is 0 Å². The van der Waals surface area contributed by atoms with Crippen LogP contribution in [0.1, 0.15) is 5.56 Å². The molecule has 7 heteroatoms. The highest BCUT2D eigenvalue weighted by Crippen LogP contribution is 2.31. The van der Waals surface area contributed by atoms with Crippen molar-refractivity contribution in [2.75, 3.05) is 27.4 Å². The molecular weight excluding hydrogens is 382 g/mol. The molecule has 2 aromatic rings.